The number of benzene rings is 15. The first-order chi connectivity index (χ1) is 61.6. The zero-order valence-corrected chi connectivity index (χ0v) is 70.7. The van der Waals surface area contributed by atoms with Crippen LogP contribution in [0, 0.1) is 0 Å². The van der Waals surface area contributed by atoms with Crippen LogP contribution in [0.15, 0.2) is 462 Å². The van der Waals surface area contributed by atoms with Crippen molar-refractivity contribution >= 4 is 162 Å². The molecule has 12 aromatic heterocycles. The Bertz CT molecular complexity index is 8440. The molecule has 0 aliphatic carbocycles. The highest BCUT2D eigenvalue weighted by Gasteiger charge is 2.25. The summed E-state index contributed by atoms with van der Waals surface area (Å²) in [7, 11) is -3.31. The van der Waals surface area contributed by atoms with E-state index in [0.29, 0.717) is 0 Å². The van der Waals surface area contributed by atoms with Crippen LogP contribution in [0.2, 0.25) is 0 Å². The molecule has 14 heteroatoms. The van der Waals surface area contributed by atoms with Gasteiger partial charge in [-0.2, -0.15) is 0 Å². The summed E-state index contributed by atoms with van der Waals surface area (Å²) < 4.78 is 20.4. The lowest BCUT2D eigenvalue weighted by molar-refractivity contribution is 1.16. The highest BCUT2D eigenvalue weighted by Crippen LogP contribution is 2.54. The molecule has 0 bridgehead atoms. The maximum atomic E-state index is 4.34. The molecule has 0 atom stereocenters. The standard InChI is InChI=1S/C34H25N4P.C28H19N2P.C26H17N2P.C22H15N2P/c1-2-8-26(9-3-1)27-14-16-30(17-15-27)39-37(28-18-22-35-23-19-28)33-12-6-4-10-31(33)32-11-5-7-13-34(32)38(39)29-20-24-36-25-21-29;1-2-9-20(10-3-1)21-13-8-14-24(17-21)31-29-25-15-6-4-11-22(25)18-27(29)28-19-23-12-5-7-16-26(23)30(28)31;1-4-12-21-18(8-1)11-7-15-26(21)29-27-22-13-5-2-9-19(22)16-24(27)25-17-20-10-3-6-14-23(20)28(25)29;1-2-10-18(11-3-1)25-23-19-12-6-4-8-16(19)14-21(23)22-15-17-9-5-7-13-20(17)24(22)25/h1-25H;1-19H;1-17H;1-15H. The van der Waals surface area contributed by atoms with E-state index in [1.807, 2.05) is 24.8 Å². The lowest BCUT2D eigenvalue weighted by atomic mass is 10.1. The topological polar surface area (TPSA) is 62.1 Å². The fourth-order valence-corrected chi connectivity index (χ4v) is 29.1. The Hall–Kier alpha value is -15.1. The van der Waals surface area contributed by atoms with Crippen molar-refractivity contribution in [1.29, 1.82) is 0 Å². The van der Waals surface area contributed by atoms with Gasteiger partial charge < -0.3 is 0 Å². The van der Waals surface area contributed by atoms with E-state index in [4.69, 9.17) is 0 Å². The Labute approximate surface area is 717 Å². The van der Waals surface area contributed by atoms with Gasteiger partial charge in [-0.25, -0.2) is 0 Å². The second kappa shape index (κ2) is 30.6. The molecule has 0 radical (unpaired) electrons. The van der Waals surface area contributed by atoms with Crippen LogP contribution in [0.3, 0.4) is 0 Å². The van der Waals surface area contributed by atoms with Gasteiger partial charge in [-0.15, -0.1) is 0 Å². The molecule has 0 aliphatic heterocycles. The van der Waals surface area contributed by atoms with Crippen LogP contribution in [-0.4, -0.2) is 43.6 Å². The molecule has 0 saturated heterocycles. The fourth-order valence-electron chi connectivity index (χ4n) is 18.7. The molecule has 12 heterocycles. The zero-order chi connectivity index (χ0) is 81.7. The van der Waals surface area contributed by atoms with E-state index < -0.39 is 31.4 Å². The highest BCUT2D eigenvalue weighted by atomic mass is 31.1. The van der Waals surface area contributed by atoms with Crippen LogP contribution in [0.25, 0.3) is 186 Å². The number of hydrogen-bond donors (Lipinski definition) is 0. The molecule has 15 aromatic carbocycles. The van der Waals surface area contributed by atoms with E-state index in [0.717, 1.165) is 11.4 Å². The first-order valence-electron chi connectivity index (χ1n) is 41.9. The number of fused-ring (bicyclic) bond motifs is 25. The number of para-hydroxylation sites is 8. The summed E-state index contributed by atoms with van der Waals surface area (Å²) in [5.41, 5.74) is 25.3. The minimum atomic E-state index is -1.12. The van der Waals surface area contributed by atoms with Gasteiger partial charge in [0.2, 0.25) is 0 Å². The molecule has 10 nitrogen and oxygen atoms in total. The predicted molar refractivity (Wildman–Crippen MR) is 528 cm³/mol. The van der Waals surface area contributed by atoms with E-state index in [1.165, 1.54) is 175 Å². The number of aromatic nitrogens is 10. The summed E-state index contributed by atoms with van der Waals surface area (Å²) >= 11 is 0. The summed E-state index contributed by atoms with van der Waals surface area (Å²) in [6.07, 6.45) is 7.50. The SMILES string of the molecule is c1ccc(-c2ccc(-p3n(-c4ccncc4)c4ccccc4c4ccccc4n3-c3ccncc3)cc2)cc1.c1ccc(-c2cccc(-p3n4c5ccccc5cc4c4cc5ccccc5n43)c2)cc1.c1ccc(-p2n3c4ccccc4cc3c3cc4ccccc4n32)cc1.c1ccc2c(-p3n4c5ccccc5cc4c4cc5ccccc5n43)cccc2c1. The second-order valence-corrected chi connectivity index (χ2v) is 38.8. The molecule has 27 aromatic rings. The third-order valence-electron chi connectivity index (χ3n) is 24.1. The predicted octanol–water partition coefficient (Wildman–Crippen LogP) is 31.4. The number of rotatable bonds is 8. The monoisotopic (exact) mass is 1660 g/mol. The Kier molecular flexibility index (Phi) is 18.0. The third-order valence-corrected chi connectivity index (χ3v) is 33.7. The third kappa shape index (κ3) is 12.2. The molecule has 27 rings (SSSR count). The Morgan fingerprint density at radius 3 is 0.839 bits per heavy atom. The van der Waals surface area contributed by atoms with Gasteiger partial charge in [-0.3, -0.25) is 43.6 Å². The minimum Gasteiger partial charge on any atom is -0.283 e. The average Bonchev–Trinajstić information content (AvgIpc) is 1.63. The normalized spacial score (nSPS) is 11.7. The van der Waals surface area contributed by atoms with Crippen molar-refractivity contribution in [1.82, 2.24) is 43.6 Å². The Balaban J connectivity index is 0.0000000940. The van der Waals surface area contributed by atoms with Gasteiger partial charge in [-0.05, 0) is 185 Å². The van der Waals surface area contributed by atoms with Crippen LogP contribution >= 0.6 is 31.4 Å². The lowest BCUT2D eigenvalue weighted by Crippen LogP contribution is -2.00. The zero-order valence-electron chi connectivity index (χ0n) is 67.1. The van der Waals surface area contributed by atoms with E-state index in [-0.39, 0.29) is 0 Å². The fraction of sp³-hybridized carbons (Fsp3) is 0. The highest BCUT2D eigenvalue weighted by molar-refractivity contribution is 7.52. The van der Waals surface area contributed by atoms with Gasteiger partial charge >= 0.3 is 0 Å². The Morgan fingerprint density at radius 2 is 0.435 bits per heavy atom. The molecule has 0 fully saturated rings. The maximum Gasteiger partial charge on any atom is 0.0757 e. The second-order valence-electron chi connectivity index (χ2n) is 31.3. The van der Waals surface area contributed by atoms with Crippen molar-refractivity contribution in [2.24, 2.45) is 0 Å². The van der Waals surface area contributed by atoms with Crippen molar-refractivity contribution in [3.05, 3.63) is 462 Å². The smallest absolute Gasteiger partial charge is 0.0757 e. The van der Waals surface area contributed by atoms with Crippen molar-refractivity contribution in [3.8, 4) is 54.8 Å². The first kappa shape index (κ1) is 72.9. The Morgan fingerprint density at radius 1 is 0.161 bits per heavy atom. The molecule has 0 saturated carbocycles. The van der Waals surface area contributed by atoms with Crippen LogP contribution in [0.1, 0.15) is 0 Å². The van der Waals surface area contributed by atoms with Crippen LogP contribution in [0.4, 0.5) is 0 Å². The van der Waals surface area contributed by atoms with Gasteiger partial charge in [0, 0.05) is 89.1 Å². The van der Waals surface area contributed by atoms with Crippen molar-refractivity contribution in [2.45, 2.75) is 0 Å². The van der Waals surface area contributed by atoms with Crippen LogP contribution in [0.5, 0.6) is 0 Å². The van der Waals surface area contributed by atoms with E-state index in [2.05, 4.69) is 480 Å². The summed E-state index contributed by atoms with van der Waals surface area (Å²) in [6, 6.07) is 158. The number of nitrogens with zero attached hydrogens (tertiary/aromatic N) is 10. The molecule has 0 unspecified atom stereocenters. The average molecular weight is 1660 g/mol. The molecule has 124 heavy (non-hydrogen) atoms. The summed E-state index contributed by atoms with van der Waals surface area (Å²) in [5, 5.41) is 18.3. The van der Waals surface area contributed by atoms with Crippen molar-refractivity contribution in [3.63, 3.8) is 0 Å². The van der Waals surface area contributed by atoms with E-state index in [9.17, 15) is 0 Å². The van der Waals surface area contributed by atoms with Crippen LogP contribution < -0.4 is 0 Å². The summed E-state index contributed by atoms with van der Waals surface area (Å²) in [4.78, 5) is 8.68. The van der Waals surface area contributed by atoms with Crippen LogP contribution in [-0.2, 0) is 0 Å². The van der Waals surface area contributed by atoms with Gasteiger partial charge in [-0.1, -0.05) is 285 Å². The number of pyridine rings is 2. The molecule has 0 aliphatic rings. The van der Waals surface area contributed by atoms with Gasteiger partial charge in [0.15, 0.2) is 0 Å². The van der Waals surface area contributed by atoms with Gasteiger partial charge in [0.05, 0.1) is 120 Å². The van der Waals surface area contributed by atoms with Gasteiger partial charge in [0.1, 0.15) is 0 Å². The van der Waals surface area contributed by atoms with E-state index >= 15 is 0 Å². The number of hydrogen-bond acceptors (Lipinski definition) is 2. The lowest BCUT2D eigenvalue weighted by Gasteiger charge is -2.21. The molecule has 0 N–H and O–H groups in total. The summed E-state index contributed by atoms with van der Waals surface area (Å²) in [5.74, 6) is 0. The van der Waals surface area contributed by atoms with Crippen molar-refractivity contribution in [2.75, 3.05) is 0 Å². The van der Waals surface area contributed by atoms with Crippen molar-refractivity contribution < 1.29 is 0 Å². The van der Waals surface area contributed by atoms with Gasteiger partial charge in [0.25, 0.3) is 0 Å². The largest absolute Gasteiger partial charge is 0.283 e. The molecule has 0 spiro atoms. The molecular formula is C110H76N10P4. The first-order valence-corrected chi connectivity index (χ1v) is 46.9. The molecule has 586 valence electrons. The minimum absolute atomic E-state index is 0.664. The summed E-state index contributed by atoms with van der Waals surface area (Å²) in [6.45, 7) is 0. The molecule has 0 amide bonds. The maximum absolute atomic E-state index is 4.34. The van der Waals surface area contributed by atoms with E-state index in [1.54, 1.807) is 0 Å². The molecular weight excluding hydrogens is 1590 g/mol. The quantitative estimate of drug-likeness (QED) is 0.152.